The molecule has 1 saturated heterocycles. The predicted molar refractivity (Wildman–Crippen MR) is 70.2 cm³/mol. The zero-order chi connectivity index (χ0) is 12.5. The number of ether oxygens (including phenoxy) is 1. The number of nitrogens with zero attached hydrogens (tertiary/aromatic N) is 1. The Labute approximate surface area is 105 Å². The van der Waals surface area contributed by atoms with E-state index in [2.05, 4.69) is 24.1 Å². The molecule has 1 aliphatic heterocycles. The van der Waals surface area contributed by atoms with Crippen molar-refractivity contribution in [2.75, 3.05) is 45.9 Å². The molecule has 1 fully saturated rings. The summed E-state index contributed by atoms with van der Waals surface area (Å²) in [5.74, 6) is 0.640. The van der Waals surface area contributed by atoms with Crippen LogP contribution in [0.4, 0.5) is 0 Å². The summed E-state index contributed by atoms with van der Waals surface area (Å²) >= 11 is 0. The highest BCUT2D eigenvalue weighted by Crippen LogP contribution is 2.07. The van der Waals surface area contributed by atoms with Crippen molar-refractivity contribution in [1.82, 2.24) is 10.2 Å². The van der Waals surface area contributed by atoms with Gasteiger partial charge in [0.1, 0.15) is 0 Å². The van der Waals surface area contributed by atoms with Gasteiger partial charge in [-0.1, -0.05) is 26.7 Å². The van der Waals surface area contributed by atoms with E-state index in [0.29, 0.717) is 12.5 Å². The molecule has 1 aliphatic rings. The molecule has 4 heteroatoms. The van der Waals surface area contributed by atoms with Gasteiger partial charge in [-0.05, 0) is 5.92 Å². The van der Waals surface area contributed by atoms with E-state index in [1.807, 2.05) is 0 Å². The van der Waals surface area contributed by atoms with E-state index >= 15 is 0 Å². The van der Waals surface area contributed by atoms with Crippen molar-refractivity contribution in [3.05, 3.63) is 0 Å². The van der Waals surface area contributed by atoms with Crippen LogP contribution in [0.15, 0.2) is 0 Å². The number of piperazine rings is 1. The molecule has 0 aliphatic carbocycles. The van der Waals surface area contributed by atoms with Gasteiger partial charge in [-0.3, -0.25) is 4.90 Å². The lowest BCUT2D eigenvalue weighted by atomic mass is 10.1. The molecule has 17 heavy (non-hydrogen) atoms. The lowest BCUT2D eigenvalue weighted by Gasteiger charge is -2.29. The Morgan fingerprint density at radius 1 is 1.18 bits per heavy atom. The monoisotopic (exact) mass is 244 g/mol. The Bertz CT molecular complexity index is 180. The number of β-amino-alcohol motifs (C(OH)–C–C–N with tert-alkyl or cyclic N) is 1. The van der Waals surface area contributed by atoms with Crippen LogP contribution in [0.5, 0.6) is 0 Å². The first-order valence-electron chi connectivity index (χ1n) is 6.95. The minimum absolute atomic E-state index is 0.345. The zero-order valence-corrected chi connectivity index (χ0v) is 11.3. The average molecular weight is 244 g/mol. The number of aliphatic hydroxyl groups excluding tert-OH is 1. The van der Waals surface area contributed by atoms with Crippen LogP contribution in [-0.4, -0.2) is 62.0 Å². The predicted octanol–water partition coefficient (Wildman–Crippen LogP) is 0.705. The SMILES string of the molecule is CCC(CC)COCC(O)CN1CCNCC1. The molecule has 102 valence electrons. The van der Waals surface area contributed by atoms with Crippen LogP contribution in [0.1, 0.15) is 26.7 Å². The van der Waals surface area contributed by atoms with Gasteiger partial charge < -0.3 is 15.2 Å². The number of aliphatic hydroxyl groups is 1. The molecule has 2 N–H and O–H groups in total. The highest BCUT2D eigenvalue weighted by Gasteiger charge is 2.14. The largest absolute Gasteiger partial charge is 0.389 e. The minimum Gasteiger partial charge on any atom is -0.389 e. The second-order valence-corrected chi connectivity index (χ2v) is 4.92. The van der Waals surface area contributed by atoms with Crippen molar-refractivity contribution >= 4 is 0 Å². The maximum absolute atomic E-state index is 9.87. The molecule has 0 aromatic carbocycles. The van der Waals surface area contributed by atoms with E-state index in [0.717, 1.165) is 52.2 Å². The molecule has 0 aromatic rings. The summed E-state index contributed by atoms with van der Waals surface area (Å²) in [6, 6.07) is 0. The Kier molecular flexibility index (Phi) is 7.77. The lowest BCUT2D eigenvalue weighted by molar-refractivity contribution is 0.00224. The molecule has 1 unspecified atom stereocenters. The highest BCUT2D eigenvalue weighted by molar-refractivity contribution is 4.70. The van der Waals surface area contributed by atoms with E-state index < -0.39 is 0 Å². The van der Waals surface area contributed by atoms with Crippen molar-refractivity contribution in [2.24, 2.45) is 5.92 Å². The molecular weight excluding hydrogens is 216 g/mol. The van der Waals surface area contributed by atoms with Crippen molar-refractivity contribution in [1.29, 1.82) is 0 Å². The van der Waals surface area contributed by atoms with E-state index in [-0.39, 0.29) is 6.10 Å². The Morgan fingerprint density at radius 2 is 1.82 bits per heavy atom. The summed E-state index contributed by atoms with van der Waals surface area (Å²) < 4.78 is 5.59. The van der Waals surface area contributed by atoms with Gasteiger partial charge in [-0.2, -0.15) is 0 Å². The van der Waals surface area contributed by atoms with Gasteiger partial charge in [0.05, 0.1) is 12.7 Å². The summed E-state index contributed by atoms with van der Waals surface area (Å²) in [4.78, 5) is 2.29. The van der Waals surface area contributed by atoms with Crippen LogP contribution in [-0.2, 0) is 4.74 Å². The fraction of sp³-hybridized carbons (Fsp3) is 1.00. The van der Waals surface area contributed by atoms with Crippen LogP contribution < -0.4 is 5.32 Å². The van der Waals surface area contributed by atoms with Crippen molar-refractivity contribution in [3.8, 4) is 0 Å². The van der Waals surface area contributed by atoms with Gasteiger partial charge in [-0.25, -0.2) is 0 Å². The van der Waals surface area contributed by atoms with Crippen LogP contribution in [0.3, 0.4) is 0 Å². The first-order valence-corrected chi connectivity index (χ1v) is 6.95. The van der Waals surface area contributed by atoms with Gasteiger partial charge in [0.2, 0.25) is 0 Å². The lowest BCUT2D eigenvalue weighted by Crippen LogP contribution is -2.47. The molecule has 0 amide bonds. The van der Waals surface area contributed by atoms with Crippen molar-refractivity contribution in [2.45, 2.75) is 32.8 Å². The number of hydrogen-bond acceptors (Lipinski definition) is 4. The first-order chi connectivity index (χ1) is 8.26. The van der Waals surface area contributed by atoms with Crippen LogP contribution in [0, 0.1) is 5.92 Å². The van der Waals surface area contributed by atoms with Crippen molar-refractivity contribution in [3.63, 3.8) is 0 Å². The van der Waals surface area contributed by atoms with Gasteiger partial charge >= 0.3 is 0 Å². The molecule has 1 heterocycles. The quantitative estimate of drug-likeness (QED) is 0.660. The van der Waals surface area contributed by atoms with E-state index in [9.17, 15) is 5.11 Å². The second-order valence-electron chi connectivity index (χ2n) is 4.92. The molecule has 1 rings (SSSR count). The third kappa shape index (κ3) is 6.36. The molecule has 0 aromatic heterocycles. The third-order valence-electron chi connectivity index (χ3n) is 3.50. The summed E-state index contributed by atoms with van der Waals surface area (Å²) in [5.41, 5.74) is 0. The van der Waals surface area contributed by atoms with Crippen LogP contribution >= 0.6 is 0 Å². The molecule has 1 atom stereocenters. The number of nitrogens with one attached hydrogen (secondary N) is 1. The van der Waals surface area contributed by atoms with Crippen LogP contribution in [0.25, 0.3) is 0 Å². The Balaban J connectivity index is 2.05. The Morgan fingerprint density at radius 3 is 2.41 bits per heavy atom. The molecule has 0 bridgehead atoms. The normalized spacial score (nSPS) is 19.8. The zero-order valence-electron chi connectivity index (χ0n) is 11.3. The summed E-state index contributed by atoms with van der Waals surface area (Å²) in [6.45, 7) is 10.5. The molecule has 0 radical (unpaired) electrons. The molecular formula is C13H28N2O2. The fourth-order valence-electron chi connectivity index (χ4n) is 2.14. The third-order valence-corrected chi connectivity index (χ3v) is 3.50. The minimum atomic E-state index is -0.345. The summed E-state index contributed by atoms with van der Waals surface area (Å²) in [6.07, 6.45) is 1.97. The van der Waals surface area contributed by atoms with Gasteiger partial charge in [0.25, 0.3) is 0 Å². The number of rotatable bonds is 8. The number of hydrogen-bond donors (Lipinski definition) is 2. The summed E-state index contributed by atoms with van der Waals surface area (Å²) in [5, 5.41) is 13.2. The highest BCUT2D eigenvalue weighted by atomic mass is 16.5. The van der Waals surface area contributed by atoms with Gasteiger partial charge in [0.15, 0.2) is 0 Å². The maximum Gasteiger partial charge on any atom is 0.0900 e. The average Bonchev–Trinajstić information content (AvgIpc) is 2.36. The standard InChI is InChI=1S/C13H28N2O2/c1-3-12(4-2)10-17-11-13(16)9-15-7-5-14-6-8-15/h12-14,16H,3-11H2,1-2H3. The second kappa shape index (κ2) is 8.86. The smallest absolute Gasteiger partial charge is 0.0900 e. The first kappa shape index (κ1) is 14.9. The van der Waals surface area contributed by atoms with Gasteiger partial charge in [-0.15, -0.1) is 0 Å². The van der Waals surface area contributed by atoms with Gasteiger partial charge in [0, 0.05) is 39.3 Å². The fourth-order valence-corrected chi connectivity index (χ4v) is 2.14. The molecule has 4 nitrogen and oxygen atoms in total. The van der Waals surface area contributed by atoms with E-state index in [4.69, 9.17) is 4.74 Å². The molecule has 0 saturated carbocycles. The van der Waals surface area contributed by atoms with E-state index in [1.165, 1.54) is 0 Å². The van der Waals surface area contributed by atoms with Crippen molar-refractivity contribution < 1.29 is 9.84 Å². The topological polar surface area (TPSA) is 44.7 Å². The maximum atomic E-state index is 9.87. The van der Waals surface area contributed by atoms with Crippen LogP contribution in [0.2, 0.25) is 0 Å². The summed E-state index contributed by atoms with van der Waals surface area (Å²) in [7, 11) is 0. The van der Waals surface area contributed by atoms with E-state index in [1.54, 1.807) is 0 Å². The Hall–Kier alpha value is -0.160. The molecule has 0 spiro atoms.